The van der Waals surface area contributed by atoms with Gasteiger partial charge in [0.25, 0.3) is 0 Å². The number of hydrogen-bond donors (Lipinski definition) is 1. The van der Waals surface area contributed by atoms with Crippen molar-refractivity contribution in [3.05, 3.63) is 54.7 Å². The lowest BCUT2D eigenvalue weighted by molar-refractivity contribution is 0.415. The van der Waals surface area contributed by atoms with E-state index in [4.69, 9.17) is 10.5 Å². The lowest BCUT2D eigenvalue weighted by Crippen LogP contribution is -1.92. The topological polar surface area (TPSA) is 48.1 Å². The first-order valence-electron chi connectivity index (χ1n) is 6.06. The van der Waals surface area contributed by atoms with Gasteiger partial charge in [-0.3, -0.25) is 0 Å². The lowest BCUT2D eigenvalue weighted by atomic mass is 10.0. The summed E-state index contributed by atoms with van der Waals surface area (Å²) >= 11 is 0. The predicted octanol–water partition coefficient (Wildman–Crippen LogP) is 3.49. The van der Waals surface area contributed by atoms with Gasteiger partial charge in [-0.15, -0.1) is 0 Å². The largest absolute Gasteiger partial charge is 0.497 e. The van der Waals surface area contributed by atoms with E-state index >= 15 is 0 Å². The molecule has 0 saturated carbocycles. The quantitative estimate of drug-likeness (QED) is 0.757. The van der Waals surface area contributed by atoms with Crippen LogP contribution in [-0.2, 0) is 0 Å². The van der Waals surface area contributed by atoms with E-state index in [-0.39, 0.29) is 0 Å². The molecule has 0 aliphatic carbocycles. The molecule has 3 aromatic rings. The van der Waals surface area contributed by atoms with Crippen molar-refractivity contribution < 1.29 is 4.74 Å². The van der Waals surface area contributed by atoms with E-state index in [1.807, 2.05) is 30.3 Å². The predicted molar refractivity (Wildman–Crippen MR) is 78.1 cm³/mol. The first-order chi connectivity index (χ1) is 9.28. The van der Waals surface area contributed by atoms with Crippen molar-refractivity contribution in [3.63, 3.8) is 0 Å². The van der Waals surface area contributed by atoms with Gasteiger partial charge in [0, 0.05) is 11.8 Å². The smallest absolute Gasteiger partial charge is 0.131 e. The molecule has 0 unspecified atom stereocenters. The number of nitrogen functional groups attached to an aromatic ring is 1. The van der Waals surface area contributed by atoms with Crippen LogP contribution in [0.3, 0.4) is 0 Å². The summed E-state index contributed by atoms with van der Waals surface area (Å²) in [6.07, 6.45) is 1.70. The van der Waals surface area contributed by atoms with E-state index in [1.54, 1.807) is 13.3 Å². The van der Waals surface area contributed by atoms with E-state index in [9.17, 15) is 0 Å². The van der Waals surface area contributed by atoms with Gasteiger partial charge in [0.1, 0.15) is 11.6 Å². The van der Waals surface area contributed by atoms with Crippen molar-refractivity contribution in [1.82, 2.24) is 4.98 Å². The molecular weight excluding hydrogens is 236 g/mol. The number of nitrogens with zero attached hydrogens (tertiary/aromatic N) is 1. The SMILES string of the molecule is COc1ccc2cc(-c3cccnc3N)ccc2c1. The summed E-state index contributed by atoms with van der Waals surface area (Å²) in [5.74, 6) is 1.41. The maximum absolute atomic E-state index is 5.91. The first-order valence-corrected chi connectivity index (χ1v) is 6.06. The molecule has 0 aliphatic rings. The van der Waals surface area contributed by atoms with Gasteiger partial charge < -0.3 is 10.5 Å². The van der Waals surface area contributed by atoms with Crippen LogP contribution >= 0.6 is 0 Å². The molecule has 0 aliphatic heterocycles. The molecule has 1 heterocycles. The Morgan fingerprint density at radius 2 is 1.79 bits per heavy atom. The summed E-state index contributed by atoms with van der Waals surface area (Å²) in [5.41, 5.74) is 7.94. The number of nitrogens with two attached hydrogens (primary N) is 1. The van der Waals surface area contributed by atoms with Gasteiger partial charge in [-0.2, -0.15) is 0 Å². The zero-order valence-corrected chi connectivity index (χ0v) is 10.6. The van der Waals surface area contributed by atoms with Crippen molar-refractivity contribution in [2.24, 2.45) is 0 Å². The monoisotopic (exact) mass is 250 g/mol. The van der Waals surface area contributed by atoms with Crippen LogP contribution in [0.15, 0.2) is 54.7 Å². The summed E-state index contributed by atoms with van der Waals surface area (Å²) in [6, 6.07) is 16.1. The molecule has 3 nitrogen and oxygen atoms in total. The summed E-state index contributed by atoms with van der Waals surface area (Å²) in [4.78, 5) is 4.12. The Balaban J connectivity index is 2.15. The highest BCUT2D eigenvalue weighted by molar-refractivity contribution is 5.89. The summed E-state index contributed by atoms with van der Waals surface area (Å²) in [7, 11) is 1.67. The fourth-order valence-electron chi connectivity index (χ4n) is 2.18. The third-order valence-electron chi connectivity index (χ3n) is 3.20. The van der Waals surface area contributed by atoms with Crippen LogP contribution in [0.1, 0.15) is 0 Å². The molecule has 94 valence electrons. The minimum atomic E-state index is 0.551. The van der Waals surface area contributed by atoms with E-state index in [0.29, 0.717) is 5.82 Å². The third kappa shape index (κ3) is 2.10. The first kappa shape index (κ1) is 11.5. The number of methoxy groups -OCH3 is 1. The standard InChI is InChI=1S/C16H14N2O/c1-19-14-7-6-11-9-13(5-4-12(11)10-14)15-3-2-8-18-16(15)17/h2-10H,1H3,(H2,17,18). The van der Waals surface area contributed by atoms with E-state index < -0.39 is 0 Å². The van der Waals surface area contributed by atoms with Crippen LogP contribution in [0.4, 0.5) is 5.82 Å². The molecule has 0 fully saturated rings. The van der Waals surface area contributed by atoms with Gasteiger partial charge in [0.05, 0.1) is 7.11 Å². The van der Waals surface area contributed by atoms with Gasteiger partial charge in [-0.05, 0) is 46.7 Å². The number of hydrogen-bond acceptors (Lipinski definition) is 3. The second-order valence-corrected chi connectivity index (χ2v) is 4.36. The molecule has 0 bridgehead atoms. The number of rotatable bonds is 2. The Labute approximate surface area is 111 Å². The third-order valence-corrected chi connectivity index (χ3v) is 3.20. The number of benzene rings is 2. The highest BCUT2D eigenvalue weighted by Gasteiger charge is 2.04. The van der Waals surface area contributed by atoms with E-state index in [2.05, 4.69) is 23.2 Å². The molecule has 0 spiro atoms. The average Bonchev–Trinajstić information content (AvgIpc) is 2.46. The van der Waals surface area contributed by atoms with Crippen molar-refractivity contribution in [2.45, 2.75) is 0 Å². The fourth-order valence-corrected chi connectivity index (χ4v) is 2.18. The molecule has 3 rings (SSSR count). The Kier molecular flexibility index (Phi) is 2.80. The van der Waals surface area contributed by atoms with Gasteiger partial charge in [0.2, 0.25) is 0 Å². The number of ether oxygens (including phenoxy) is 1. The van der Waals surface area contributed by atoms with E-state index in [1.165, 1.54) is 0 Å². The van der Waals surface area contributed by atoms with Crippen LogP contribution in [0, 0.1) is 0 Å². The normalized spacial score (nSPS) is 10.6. The molecule has 1 aromatic heterocycles. The summed E-state index contributed by atoms with van der Waals surface area (Å²) < 4.78 is 5.23. The zero-order chi connectivity index (χ0) is 13.2. The Bertz CT molecular complexity index is 738. The van der Waals surface area contributed by atoms with E-state index in [0.717, 1.165) is 27.6 Å². The average molecular weight is 250 g/mol. The molecule has 3 heteroatoms. The lowest BCUT2D eigenvalue weighted by Gasteiger charge is -2.07. The van der Waals surface area contributed by atoms with Gasteiger partial charge >= 0.3 is 0 Å². The minimum Gasteiger partial charge on any atom is -0.497 e. The van der Waals surface area contributed by atoms with Crippen molar-refractivity contribution in [2.75, 3.05) is 12.8 Å². The fraction of sp³-hybridized carbons (Fsp3) is 0.0625. The Hall–Kier alpha value is -2.55. The summed E-state index contributed by atoms with van der Waals surface area (Å²) in [5, 5.41) is 2.30. The molecule has 2 N–H and O–H groups in total. The number of anilines is 1. The maximum Gasteiger partial charge on any atom is 0.131 e. The molecule has 0 amide bonds. The minimum absolute atomic E-state index is 0.551. The summed E-state index contributed by atoms with van der Waals surface area (Å²) in [6.45, 7) is 0. The number of pyridine rings is 1. The van der Waals surface area contributed by atoms with Gasteiger partial charge in [-0.1, -0.05) is 18.2 Å². The molecule has 19 heavy (non-hydrogen) atoms. The zero-order valence-electron chi connectivity index (χ0n) is 10.6. The Morgan fingerprint density at radius 3 is 2.58 bits per heavy atom. The van der Waals surface area contributed by atoms with Crippen LogP contribution in [0.5, 0.6) is 5.75 Å². The highest BCUT2D eigenvalue weighted by Crippen LogP contribution is 2.29. The van der Waals surface area contributed by atoms with Gasteiger partial charge in [-0.25, -0.2) is 4.98 Å². The second kappa shape index (κ2) is 4.61. The number of aromatic nitrogens is 1. The van der Waals surface area contributed by atoms with Crippen LogP contribution in [0.25, 0.3) is 21.9 Å². The maximum atomic E-state index is 5.91. The molecular formula is C16H14N2O. The second-order valence-electron chi connectivity index (χ2n) is 4.36. The van der Waals surface area contributed by atoms with Crippen molar-refractivity contribution in [3.8, 4) is 16.9 Å². The number of fused-ring (bicyclic) bond motifs is 1. The van der Waals surface area contributed by atoms with Crippen LogP contribution in [0.2, 0.25) is 0 Å². The molecule has 0 atom stereocenters. The van der Waals surface area contributed by atoms with Crippen LogP contribution in [-0.4, -0.2) is 12.1 Å². The Morgan fingerprint density at radius 1 is 1.00 bits per heavy atom. The highest BCUT2D eigenvalue weighted by atomic mass is 16.5. The van der Waals surface area contributed by atoms with Crippen molar-refractivity contribution in [1.29, 1.82) is 0 Å². The van der Waals surface area contributed by atoms with Gasteiger partial charge in [0.15, 0.2) is 0 Å². The molecule has 0 saturated heterocycles. The van der Waals surface area contributed by atoms with Crippen LogP contribution < -0.4 is 10.5 Å². The van der Waals surface area contributed by atoms with Crippen molar-refractivity contribution >= 4 is 16.6 Å². The molecule has 0 radical (unpaired) electrons. The molecule has 2 aromatic carbocycles.